The van der Waals surface area contributed by atoms with Crippen LogP contribution < -0.4 is 0 Å². The molecule has 1 heterocycles. The summed E-state index contributed by atoms with van der Waals surface area (Å²) in [6, 6.07) is 1.87. The first-order chi connectivity index (χ1) is 5.74. The van der Waals surface area contributed by atoms with Crippen molar-refractivity contribution in [3.8, 4) is 0 Å². The number of nitrogens with zero attached hydrogens (tertiary/aromatic N) is 1. The molecule has 0 saturated heterocycles. The van der Waals surface area contributed by atoms with Gasteiger partial charge >= 0.3 is 0 Å². The van der Waals surface area contributed by atoms with Crippen LogP contribution in [0.2, 0.25) is 5.15 Å². The Morgan fingerprint density at radius 3 is 2.50 bits per heavy atom. The molecule has 0 aliphatic rings. The molecule has 0 spiro atoms. The van der Waals surface area contributed by atoms with E-state index in [1.165, 1.54) is 11.1 Å². The molecule has 68 valence electrons. The van der Waals surface area contributed by atoms with Crippen molar-refractivity contribution in [3.63, 3.8) is 0 Å². The smallest absolute Gasteiger partial charge is 0.129 e. The predicted octanol–water partition coefficient (Wildman–Crippen LogP) is 3.96. The van der Waals surface area contributed by atoms with E-state index in [1.807, 2.05) is 26.8 Å². The third-order valence-electron chi connectivity index (χ3n) is 1.33. The Balaban J connectivity index is 0.000000561. The maximum atomic E-state index is 5.66. The predicted molar refractivity (Wildman–Crippen MR) is 58.0 cm³/mol. The van der Waals surface area contributed by atoms with Crippen molar-refractivity contribution in [1.82, 2.24) is 4.98 Å². The summed E-state index contributed by atoms with van der Waals surface area (Å²) in [6.07, 6.45) is 1.78. The van der Waals surface area contributed by atoms with Gasteiger partial charge in [-0.15, -0.1) is 0 Å². The minimum atomic E-state index is 0.556. The van der Waals surface area contributed by atoms with Gasteiger partial charge < -0.3 is 0 Å². The highest BCUT2D eigenvalue weighted by Gasteiger charge is 1.96. The van der Waals surface area contributed by atoms with Crippen molar-refractivity contribution in [2.75, 3.05) is 0 Å². The molecule has 3 heteroatoms. The van der Waals surface area contributed by atoms with Gasteiger partial charge in [-0.2, -0.15) is 0 Å². The zero-order valence-electron chi connectivity index (χ0n) is 7.56. The minimum Gasteiger partial charge on any atom is -0.244 e. The Labute approximate surface area is 87.3 Å². The highest BCUT2D eigenvalue weighted by Crippen LogP contribution is 2.14. The molecule has 0 fully saturated rings. The van der Waals surface area contributed by atoms with E-state index < -0.39 is 0 Å². The summed E-state index contributed by atoms with van der Waals surface area (Å²) in [7, 11) is 0. The fourth-order valence-electron chi connectivity index (χ4n) is 0.680. The molecule has 0 aliphatic heterocycles. The molecule has 1 aromatic rings. The molecule has 1 aromatic heterocycles. The van der Waals surface area contributed by atoms with Gasteiger partial charge in [-0.05, 0) is 24.1 Å². The summed E-state index contributed by atoms with van der Waals surface area (Å²) in [5, 5.41) is 1.39. The second kappa shape index (κ2) is 6.44. The van der Waals surface area contributed by atoms with Crippen LogP contribution in [0.3, 0.4) is 0 Å². The van der Waals surface area contributed by atoms with Crippen LogP contribution >= 0.6 is 27.5 Å². The van der Waals surface area contributed by atoms with Gasteiger partial charge in [0.05, 0.1) is 0 Å². The molecule has 0 atom stereocenters. The minimum absolute atomic E-state index is 0.556. The maximum Gasteiger partial charge on any atom is 0.129 e. The van der Waals surface area contributed by atoms with Crippen LogP contribution in [0.4, 0.5) is 0 Å². The fourth-order valence-corrected chi connectivity index (χ4v) is 1.46. The van der Waals surface area contributed by atoms with Crippen molar-refractivity contribution in [3.05, 3.63) is 28.5 Å². The molecule has 0 unspecified atom stereocenters. The van der Waals surface area contributed by atoms with E-state index in [9.17, 15) is 0 Å². The van der Waals surface area contributed by atoms with Gasteiger partial charge in [-0.25, -0.2) is 4.98 Å². The second-order valence-electron chi connectivity index (χ2n) is 2.07. The summed E-state index contributed by atoms with van der Waals surface area (Å²) in [4.78, 5) is 3.93. The van der Waals surface area contributed by atoms with Gasteiger partial charge in [-0.1, -0.05) is 41.4 Å². The quantitative estimate of drug-likeness (QED) is 0.543. The van der Waals surface area contributed by atoms with Crippen molar-refractivity contribution in [2.45, 2.75) is 26.1 Å². The summed E-state index contributed by atoms with van der Waals surface area (Å²) >= 11 is 9.02. The highest BCUT2D eigenvalue weighted by molar-refractivity contribution is 9.08. The normalized spacial score (nSPS) is 8.75. The first-order valence-corrected chi connectivity index (χ1v) is 5.41. The molecular weight excluding hydrogens is 237 g/mol. The molecular formula is C9H13BrClN. The lowest BCUT2D eigenvalue weighted by molar-refractivity contribution is 1.21. The third-order valence-corrected chi connectivity index (χ3v) is 2.14. The number of aryl methyl sites for hydroxylation is 1. The summed E-state index contributed by atoms with van der Waals surface area (Å²) in [5.74, 6) is 0. The van der Waals surface area contributed by atoms with Crippen LogP contribution in [-0.4, -0.2) is 4.98 Å². The van der Waals surface area contributed by atoms with E-state index in [0.29, 0.717) is 5.15 Å². The van der Waals surface area contributed by atoms with Crippen molar-refractivity contribution in [1.29, 1.82) is 0 Å². The van der Waals surface area contributed by atoms with E-state index in [0.717, 1.165) is 5.33 Å². The maximum absolute atomic E-state index is 5.66. The summed E-state index contributed by atoms with van der Waals surface area (Å²) < 4.78 is 0. The Hall–Kier alpha value is -0.0800. The number of pyridine rings is 1. The lowest BCUT2D eigenvalue weighted by Crippen LogP contribution is -1.85. The SMILES string of the molecule is CC.Cc1cnc(Cl)cc1CBr. The zero-order chi connectivity index (χ0) is 9.56. The van der Waals surface area contributed by atoms with Gasteiger partial charge in [0.25, 0.3) is 0 Å². The number of rotatable bonds is 1. The monoisotopic (exact) mass is 249 g/mol. The molecule has 1 rings (SSSR count). The standard InChI is InChI=1S/C7H7BrClN.C2H6/c1-5-4-10-7(9)2-6(5)3-8;1-2/h2,4H,3H2,1H3;1-2H3. The third kappa shape index (κ3) is 3.55. The Morgan fingerprint density at radius 2 is 2.08 bits per heavy atom. The van der Waals surface area contributed by atoms with Gasteiger partial charge in [0.2, 0.25) is 0 Å². The van der Waals surface area contributed by atoms with Gasteiger partial charge in [0, 0.05) is 11.5 Å². The molecule has 0 bridgehead atoms. The molecule has 12 heavy (non-hydrogen) atoms. The molecule has 0 amide bonds. The van der Waals surface area contributed by atoms with E-state index in [2.05, 4.69) is 20.9 Å². The number of hydrogen-bond acceptors (Lipinski definition) is 1. The van der Waals surface area contributed by atoms with Gasteiger partial charge in [0.15, 0.2) is 0 Å². The number of halogens is 2. The van der Waals surface area contributed by atoms with Crippen molar-refractivity contribution < 1.29 is 0 Å². The van der Waals surface area contributed by atoms with Gasteiger partial charge in [-0.3, -0.25) is 0 Å². The Kier molecular flexibility index (Phi) is 6.39. The van der Waals surface area contributed by atoms with Crippen LogP contribution in [0.15, 0.2) is 12.3 Å². The second-order valence-corrected chi connectivity index (χ2v) is 3.02. The Bertz CT molecular complexity index is 238. The van der Waals surface area contributed by atoms with E-state index >= 15 is 0 Å². The Morgan fingerprint density at radius 1 is 1.50 bits per heavy atom. The topological polar surface area (TPSA) is 12.9 Å². The molecule has 0 saturated carbocycles. The average Bonchev–Trinajstić information content (AvgIpc) is 2.13. The van der Waals surface area contributed by atoms with Crippen LogP contribution in [-0.2, 0) is 5.33 Å². The van der Waals surface area contributed by atoms with Crippen molar-refractivity contribution in [2.24, 2.45) is 0 Å². The van der Waals surface area contributed by atoms with Crippen LogP contribution in [0.5, 0.6) is 0 Å². The van der Waals surface area contributed by atoms with E-state index in [1.54, 1.807) is 6.20 Å². The molecule has 0 radical (unpaired) electrons. The first kappa shape index (κ1) is 11.9. The first-order valence-electron chi connectivity index (χ1n) is 3.91. The summed E-state index contributed by atoms with van der Waals surface area (Å²) in [6.45, 7) is 6.01. The van der Waals surface area contributed by atoms with E-state index in [4.69, 9.17) is 11.6 Å². The summed E-state index contributed by atoms with van der Waals surface area (Å²) in [5.41, 5.74) is 2.36. The van der Waals surface area contributed by atoms with E-state index in [-0.39, 0.29) is 0 Å². The lowest BCUT2D eigenvalue weighted by Gasteiger charge is -1.99. The largest absolute Gasteiger partial charge is 0.244 e. The molecule has 0 aliphatic carbocycles. The fraction of sp³-hybridized carbons (Fsp3) is 0.444. The number of hydrogen-bond donors (Lipinski definition) is 0. The molecule has 1 nitrogen and oxygen atoms in total. The number of aromatic nitrogens is 1. The van der Waals surface area contributed by atoms with Crippen LogP contribution in [0.25, 0.3) is 0 Å². The van der Waals surface area contributed by atoms with Gasteiger partial charge in [0.1, 0.15) is 5.15 Å². The average molecular weight is 251 g/mol. The highest BCUT2D eigenvalue weighted by atomic mass is 79.9. The molecule has 0 aromatic carbocycles. The van der Waals surface area contributed by atoms with Crippen molar-refractivity contribution >= 4 is 27.5 Å². The lowest BCUT2D eigenvalue weighted by atomic mass is 10.2. The zero-order valence-corrected chi connectivity index (χ0v) is 9.91. The van der Waals surface area contributed by atoms with Crippen LogP contribution in [0, 0.1) is 6.92 Å². The number of alkyl halides is 1. The molecule has 0 N–H and O–H groups in total. The van der Waals surface area contributed by atoms with Crippen LogP contribution in [0.1, 0.15) is 25.0 Å².